The highest BCUT2D eigenvalue weighted by Gasteiger charge is 2.17. The van der Waals surface area contributed by atoms with Crippen molar-refractivity contribution in [1.82, 2.24) is 4.98 Å². The number of rotatable bonds is 3. The first kappa shape index (κ1) is 11.2. The second kappa shape index (κ2) is 4.71. The predicted molar refractivity (Wildman–Crippen MR) is 63.6 cm³/mol. The van der Waals surface area contributed by atoms with Crippen molar-refractivity contribution in [3.8, 4) is 6.07 Å². The van der Waals surface area contributed by atoms with Gasteiger partial charge < -0.3 is 9.72 Å². The Morgan fingerprint density at radius 3 is 2.94 bits per heavy atom. The van der Waals surface area contributed by atoms with E-state index in [9.17, 15) is 4.79 Å². The molecule has 1 heterocycles. The van der Waals surface area contributed by atoms with Crippen LogP contribution in [0.3, 0.4) is 0 Å². The normalized spacial score (nSPS) is 10.1. The van der Waals surface area contributed by atoms with Crippen LogP contribution in [0.5, 0.6) is 0 Å². The Balaban J connectivity index is 2.58. The van der Waals surface area contributed by atoms with E-state index in [1.165, 1.54) is 0 Å². The van der Waals surface area contributed by atoms with Crippen LogP contribution in [0.1, 0.15) is 23.0 Å². The van der Waals surface area contributed by atoms with Gasteiger partial charge in [-0.1, -0.05) is 18.2 Å². The third-order valence-corrected chi connectivity index (χ3v) is 2.55. The van der Waals surface area contributed by atoms with Crippen LogP contribution in [-0.2, 0) is 11.2 Å². The van der Waals surface area contributed by atoms with Crippen molar-refractivity contribution in [2.75, 3.05) is 6.61 Å². The molecule has 0 aliphatic rings. The average Bonchev–Trinajstić information content (AvgIpc) is 2.70. The van der Waals surface area contributed by atoms with Gasteiger partial charge >= 0.3 is 5.97 Å². The monoisotopic (exact) mass is 228 g/mol. The Hall–Kier alpha value is -2.28. The molecule has 1 aromatic carbocycles. The molecule has 0 saturated heterocycles. The van der Waals surface area contributed by atoms with Gasteiger partial charge in [-0.3, -0.25) is 0 Å². The summed E-state index contributed by atoms with van der Waals surface area (Å²) in [7, 11) is 0. The largest absolute Gasteiger partial charge is 0.461 e. The molecule has 1 aromatic heterocycles. The summed E-state index contributed by atoms with van der Waals surface area (Å²) in [6.45, 7) is 2.07. The number of nitriles is 1. The lowest BCUT2D eigenvalue weighted by atomic mass is 10.1. The first-order chi connectivity index (χ1) is 8.27. The highest BCUT2D eigenvalue weighted by Crippen LogP contribution is 2.23. The zero-order valence-electron chi connectivity index (χ0n) is 9.49. The van der Waals surface area contributed by atoms with Crippen molar-refractivity contribution < 1.29 is 9.53 Å². The Bertz CT molecular complexity index is 593. The molecule has 0 aliphatic carbocycles. The number of carbonyl (C=O) groups excluding carboxylic acids is 1. The van der Waals surface area contributed by atoms with Crippen molar-refractivity contribution in [3.63, 3.8) is 0 Å². The number of nitrogens with one attached hydrogen (secondary N) is 1. The highest BCUT2D eigenvalue weighted by atomic mass is 16.5. The van der Waals surface area contributed by atoms with Gasteiger partial charge in [0.15, 0.2) is 0 Å². The van der Waals surface area contributed by atoms with Crippen molar-refractivity contribution in [2.45, 2.75) is 13.3 Å². The number of benzene rings is 1. The summed E-state index contributed by atoms with van der Waals surface area (Å²) in [6.07, 6.45) is 0.193. The molecule has 2 aromatic rings. The second-order valence-corrected chi connectivity index (χ2v) is 3.58. The second-order valence-electron chi connectivity index (χ2n) is 3.58. The average molecular weight is 228 g/mol. The fraction of sp³-hybridized carbons (Fsp3) is 0.231. The van der Waals surface area contributed by atoms with Gasteiger partial charge in [-0.05, 0) is 13.0 Å². The molecule has 0 fully saturated rings. The highest BCUT2D eigenvalue weighted by molar-refractivity contribution is 5.98. The minimum atomic E-state index is -0.408. The summed E-state index contributed by atoms with van der Waals surface area (Å²) in [5.41, 5.74) is 1.94. The number of hydrogen-bond donors (Lipinski definition) is 1. The Morgan fingerprint density at radius 2 is 2.24 bits per heavy atom. The predicted octanol–water partition coefficient (Wildman–Crippen LogP) is 2.41. The number of carbonyl (C=O) groups is 1. The standard InChI is InChI=1S/C13H12N2O2/c1-2-17-13(16)12-10(7-8-14)9-5-3-4-6-11(9)15-12/h3-6,15H,2,7H2,1H3. The van der Waals surface area contributed by atoms with Crippen molar-refractivity contribution >= 4 is 16.9 Å². The molecule has 0 amide bonds. The van der Waals surface area contributed by atoms with Crippen LogP contribution in [0.15, 0.2) is 24.3 Å². The van der Waals surface area contributed by atoms with E-state index in [1.807, 2.05) is 24.3 Å². The summed E-state index contributed by atoms with van der Waals surface area (Å²) in [5.74, 6) is -0.408. The molecule has 4 nitrogen and oxygen atoms in total. The van der Waals surface area contributed by atoms with E-state index in [4.69, 9.17) is 10.00 Å². The molecule has 4 heteroatoms. The molecule has 0 saturated carbocycles. The van der Waals surface area contributed by atoms with Crippen molar-refractivity contribution in [2.24, 2.45) is 0 Å². The first-order valence-corrected chi connectivity index (χ1v) is 5.41. The van der Waals surface area contributed by atoms with Gasteiger partial charge in [-0.15, -0.1) is 0 Å². The van der Waals surface area contributed by atoms with E-state index in [2.05, 4.69) is 11.1 Å². The third-order valence-electron chi connectivity index (χ3n) is 2.55. The van der Waals surface area contributed by atoms with Crippen LogP contribution in [0.2, 0.25) is 0 Å². The Kier molecular flexibility index (Phi) is 3.10. The van der Waals surface area contributed by atoms with Gasteiger partial charge in [0, 0.05) is 16.5 Å². The number of hydrogen-bond acceptors (Lipinski definition) is 3. The lowest BCUT2D eigenvalue weighted by Crippen LogP contribution is -2.07. The van der Waals surface area contributed by atoms with Crippen LogP contribution in [0.4, 0.5) is 0 Å². The number of fused-ring (bicyclic) bond motifs is 1. The van der Waals surface area contributed by atoms with Crippen LogP contribution in [0, 0.1) is 11.3 Å². The van der Waals surface area contributed by atoms with E-state index in [0.717, 1.165) is 10.9 Å². The van der Waals surface area contributed by atoms with Crippen molar-refractivity contribution in [1.29, 1.82) is 5.26 Å². The zero-order valence-corrected chi connectivity index (χ0v) is 9.49. The molecule has 0 bridgehead atoms. The SMILES string of the molecule is CCOC(=O)c1[nH]c2ccccc2c1CC#N. The summed E-state index contributed by atoms with van der Waals surface area (Å²) < 4.78 is 4.96. The molecule has 86 valence electrons. The maximum Gasteiger partial charge on any atom is 0.355 e. The van der Waals surface area contributed by atoms with Crippen LogP contribution < -0.4 is 0 Å². The molecular weight excluding hydrogens is 216 g/mol. The van der Waals surface area contributed by atoms with Gasteiger partial charge in [0.05, 0.1) is 19.1 Å². The molecule has 0 aliphatic heterocycles. The summed E-state index contributed by atoms with van der Waals surface area (Å²) in [5, 5.41) is 9.72. The Labute approximate surface area is 98.8 Å². The van der Waals surface area contributed by atoms with E-state index in [-0.39, 0.29) is 6.42 Å². The number of nitrogens with zero attached hydrogens (tertiary/aromatic N) is 1. The number of esters is 1. The molecule has 0 radical (unpaired) electrons. The number of H-pyrrole nitrogens is 1. The lowest BCUT2D eigenvalue weighted by Gasteiger charge is -2.00. The molecule has 2 rings (SSSR count). The molecule has 0 spiro atoms. The molecular formula is C13H12N2O2. The van der Waals surface area contributed by atoms with Gasteiger partial charge in [-0.25, -0.2) is 4.79 Å². The summed E-state index contributed by atoms with van der Waals surface area (Å²) >= 11 is 0. The smallest absolute Gasteiger partial charge is 0.355 e. The summed E-state index contributed by atoms with van der Waals surface area (Å²) in [6, 6.07) is 9.60. The lowest BCUT2D eigenvalue weighted by molar-refractivity contribution is 0.0519. The van der Waals surface area contributed by atoms with Crippen molar-refractivity contribution in [3.05, 3.63) is 35.5 Å². The maximum atomic E-state index is 11.7. The fourth-order valence-electron chi connectivity index (χ4n) is 1.84. The molecule has 0 atom stereocenters. The molecule has 17 heavy (non-hydrogen) atoms. The van der Waals surface area contributed by atoms with Crippen LogP contribution in [0.25, 0.3) is 10.9 Å². The van der Waals surface area contributed by atoms with E-state index < -0.39 is 5.97 Å². The third kappa shape index (κ3) is 2.00. The van der Waals surface area contributed by atoms with Crippen LogP contribution >= 0.6 is 0 Å². The van der Waals surface area contributed by atoms with Gasteiger partial charge in [0.1, 0.15) is 5.69 Å². The fourth-order valence-corrected chi connectivity index (χ4v) is 1.84. The van der Waals surface area contributed by atoms with Gasteiger partial charge in [0.25, 0.3) is 0 Å². The van der Waals surface area contributed by atoms with Gasteiger partial charge in [-0.2, -0.15) is 5.26 Å². The number of aromatic amines is 1. The topological polar surface area (TPSA) is 65.9 Å². The van der Waals surface area contributed by atoms with E-state index in [0.29, 0.717) is 17.9 Å². The maximum absolute atomic E-state index is 11.7. The Morgan fingerprint density at radius 1 is 1.47 bits per heavy atom. The van der Waals surface area contributed by atoms with Gasteiger partial charge in [0.2, 0.25) is 0 Å². The summed E-state index contributed by atoms with van der Waals surface area (Å²) in [4.78, 5) is 14.8. The van der Waals surface area contributed by atoms with E-state index >= 15 is 0 Å². The number of para-hydroxylation sites is 1. The van der Waals surface area contributed by atoms with E-state index in [1.54, 1.807) is 6.92 Å². The van der Waals surface area contributed by atoms with Crippen LogP contribution in [-0.4, -0.2) is 17.6 Å². The minimum absolute atomic E-state index is 0.193. The molecule has 0 unspecified atom stereocenters. The number of ether oxygens (including phenoxy) is 1. The number of aromatic nitrogens is 1. The zero-order chi connectivity index (χ0) is 12.3. The molecule has 1 N–H and O–H groups in total. The quantitative estimate of drug-likeness (QED) is 0.820. The minimum Gasteiger partial charge on any atom is -0.461 e. The first-order valence-electron chi connectivity index (χ1n) is 5.41.